The number of nitrogens with one attached hydrogen (secondary N) is 1. The minimum absolute atomic E-state index is 0.375. The standard InChI is InChI=1S/C15H29NO/c1-14(2,3)12-7-4-5-8-13(12)16-11-15(17)9-6-10-15/h12-13,16-17H,4-11H2,1-3H3. The van der Waals surface area contributed by atoms with Crippen molar-refractivity contribution in [3.63, 3.8) is 0 Å². The van der Waals surface area contributed by atoms with Gasteiger partial charge in [-0.3, -0.25) is 0 Å². The second-order valence-corrected chi connectivity index (χ2v) is 7.32. The smallest absolute Gasteiger partial charge is 0.0771 e. The molecule has 0 spiro atoms. The van der Waals surface area contributed by atoms with Crippen molar-refractivity contribution in [2.75, 3.05) is 6.54 Å². The van der Waals surface area contributed by atoms with E-state index in [-0.39, 0.29) is 5.60 Å². The van der Waals surface area contributed by atoms with Gasteiger partial charge in [0.25, 0.3) is 0 Å². The fraction of sp³-hybridized carbons (Fsp3) is 1.00. The molecule has 17 heavy (non-hydrogen) atoms. The quantitative estimate of drug-likeness (QED) is 0.793. The van der Waals surface area contributed by atoms with Crippen LogP contribution in [0.4, 0.5) is 0 Å². The first-order chi connectivity index (χ1) is 7.91. The van der Waals surface area contributed by atoms with Crippen LogP contribution in [0.1, 0.15) is 65.7 Å². The molecule has 0 bridgehead atoms. The van der Waals surface area contributed by atoms with Crippen molar-refractivity contribution < 1.29 is 5.11 Å². The third-order valence-electron chi connectivity index (χ3n) is 4.86. The molecule has 2 aliphatic carbocycles. The fourth-order valence-corrected chi connectivity index (χ4v) is 3.49. The average Bonchev–Trinajstić information content (AvgIpc) is 2.23. The van der Waals surface area contributed by atoms with Crippen LogP contribution >= 0.6 is 0 Å². The monoisotopic (exact) mass is 239 g/mol. The van der Waals surface area contributed by atoms with Crippen LogP contribution in [0.15, 0.2) is 0 Å². The van der Waals surface area contributed by atoms with Gasteiger partial charge in [-0.1, -0.05) is 33.6 Å². The van der Waals surface area contributed by atoms with Crippen LogP contribution in [0.5, 0.6) is 0 Å². The Kier molecular flexibility index (Phi) is 3.84. The lowest BCUT2D eigenvalue weighted by atomic mass is 9.69. The Balaban J connectivity index is 1.88. The van der Waals surface area contributed by atoms with Crippen molar-refractivity contribution in [3.05, 3.63) is 0 Å². The van der Waals surface area contributed by atoms with E-state index in [0.717, 1.165) is 25.3 Å². The van der Waals surface area contributed by atoms with Crippen LogP contribution in [-0.2, 0) is 0 Å². The predicted octanol–water partition coefficient (Wildman–Crippen LogP) is 3.10. The van der Waals surface area contributed by atoms with E-state index in [2.05, 4.69) is 26.1 Å². The summed E-state index contributed by atoms with van der Waals surface area (Å²) < 4.78 is 0. The molecule has 2 aliphatic rings. The van der Waals surface area contributed by atoms with Gasteiger partial charge in [-0.2, -0.15) is 0 Å². The van der Waals surface area contributed by atoms with Gasteiger partial charge in [-0.25, -0.2) is 0 Å². The molecule has 2 rings (SSSR count). The second-order valence-electron chi connectivity index (χ2n) is 7.32. The first-order valence-corrected chi connectivity index (χ1v) is 7.37. The molecule has 2 saturated carbocycles. The summed E-state index contributed by atoms with van der Waals surface area (Å²) in [7, 11) is 0. The van der Waals surface area contributed by atoms with Crippen LogP contribution in [0.25, 0.3) is 0 Å². The lowest BCUT2D eigenvalue weighted by molar-refractivity contribution is -0.0377. The third-order valence-corrected chi connectivity index (χ3v) is 4.86. The van der Waals surface area contributed by atoms with Crippen molar-refractivity contribution in [2.24, 2.45) is 11.3 Å². The Bertz CT molecular complexity index is 252. The molecule has 2 unspecified atom stereocenters. The predicted molar refractivity (Wildman–Crippen MR) is 72.0 cm³/mol. The highest BCUT2D eigenvalue weighted by molar-refractivity contribution is 4.94. The Labute approximate surface area is 106 Å². The van der Waals surface area contributed by atoms with E-state index in [1.807, 2.05) is 0 Å². The summed E-state index contributed by atoms with van der Waals surface area (Å²) in [6, 6.07) is 0.619. The van der Waals surface area contributed by atoms with E-state index in [4.69, 9.17) is 0 Å². The maximum absolute atomic E-state index is 10.2. The molecule has 0 aromatic heterocycles. The Morgan fingerprint density at radius 3 is 2.29 bits per heavy atom. The van der Waals surface area contributed by atoms with Crippen molar-refractivity contribution >= 4 is 0 Å². The molecule has 0 amide bonds. The van der Waals surface area contributed by atoms with Crippen molar-refractivity contribution in [3.8, 4) is 0 Å². The molecule has 2 heteroatoms. The molecule has 0 saturated heterocycles. The van der Waals surface area contributed by atoms with Gasteiger partial charge in [0.15, 0.2) is 0 Å². The van der Waals surface area contributed by atoms with Gasteiger partial charge >= 0.3 is 0 Å². The minimum Gasteiger partial charge on any atom is -0.389 e. The molecule has 2 atom stereocenters. The first-order valence-electron chi connectivity index (χ1n) is 7.37. The van der Waals surface area contributed by atoms with Gasteiger partial charge < -0.3 is 10.4 Å². The zero-order valence-corrected chi connectivity index (χ0v) is 11.8. The van der Waals surface area contributed by atoms with E-state index in [1.54, 1.807) is 0 Å². The molecule has 0 aromatic rings. The minimum atomic E-state index is -0.375. The average molecular weight is 239 g/mol. The second kappa shape index (κ2) is 4.89. The third kappa shape index (κ3) is 3.23. The molecule has 2 fully saturated rings. The largest absolute Gasteiger partial charge is 0.389 e. The molecular formula is C15H29NO. The van der Waals surface area contributed by atoms with E-state index in [0.29, 0.717) is 11.5 Å². The molecule has 100 valence electrons. The Hall–Kier alpha value is -0.0800. The maximum Gasteiger partial charge on any atom is 0.0771 e. The van der Waals surface area contributed by atoms with E-state index in [9.17, 15) is 5.11 Å². The molecule has 0 aliphatic heterocycles. The molecule has 0 radical (unpaired) electrons. The van der Waals surface area contributed by atoms with Crippen molar-refractivity contribution in [1.29, 1.82) is 0 Å². The van der Waals surface area contributed by atoms with Crippen LogP contribution < -0.4 is 5.32 Å². The highest BCUT2D eigenvalue weighted by Gasteiger charge is 2.38. The number of aliphatic hydroxyl groups is 1. The zero-order valence-electron chi connectivity index (χ0n) is 11.8. The summed E-state index contributed by atoms with van der Waals surface area (Å²) >= 11 is 0. The van der Waals surface area contributed by atoms with Gasteiger partial charge in [-0.15, -0.1) is 0 Å². The lowest BCUT2D eigenvalue weighted by Gasteiger charge is -2.44. The summed E-state index contributed by atoms with van der Waals surface area (Å²) in [5.74, 6) is 0.764. The van der Waals surface area contributed by atoms with Crippen LogP contribution in [0, 0.1) is 11.3 Å². The van der Waals surface area contributed by atoms with E-state index >= 15 is 0 Å². The zero-order chi connectivity index (χ0) is 12.5. The van der Waals surface area contributed by atoms with Gasteiger partial charge in [0.05, 0.1) is 5.60 Å². The highest BCUT2D eigenvalue weighted by atomic mass is 16.3. The summed E-state index contributed by atoms with van der Waals surface area (Å²) in [6.07, 6.45) is 8.55. The van der Waals surface area contributed by atoms with Gasteiger partial charge in [0.2, 0.25) is 0 Å². The molecule has 0 heterocycles. The molecule has 0 aromatic carbocycles. The Morgan fingerprint density at radius 2 is 1.76 bits per heavy atom. The van der Waals surface area contributed by atoms with Gasteiger partial charge in [-0.05, 0) is 43.4 Å². The highest BCUT2D eigenvalue weighted by Crippen LogP contribution is 2.38. The Morgan fingerprint density at radius 1 is 1.12 bits per heavy atom. The lowest BCUT2D eigenvalue weighted by Crippen LogP contribution is -2.52. The SMILES string of the molecule is CC(C)(C)C1CCCCC1NCC1(O)CCC1. The van der Waals surface area contributed by atoms with Crippen molar-refractivity contribution in [2.45, 2.75) is 77.4 Å². The summed E-state index contributed by atoms with van der Waals surface area (Å²) in [6.45, 7) is 7.88. The number of hydrogen-bond acceptors (Lipinski definition) is 2. The fourth-order valence-electron chi connectivity index (χ4n) is 3.49. The summed E-state index contributed by atoms with van der Waals surface area (Å²) in [5.41, 5.74) is 0.0141. The van der Waals surface area contributed by atoms with Gasteiger partial charge in [0.1, 0.15) is 0 Å². The molecule has 2 N–H and O–H groups in total. The molecule has 2 nitrogen and oxygen atoms in total. The van der Waals surface area contributed by atoms with Crippen LogP contribution in [-0.4, -0.2) is 23.3 Å². The number of rotatable bonds is 3. The van der Waals surface area contributed by atoms with Crippen molar-refractivity contribution in [1.82, 2.24) is 5.32 Å². The van der Waals surface area contributed by atoms with Gasteiger partial charge in [0, 0.05) is 12.6 Å². The number of hydrogen-bond donors (Lipinski definition) is 2. The summed E-state index contributed by atoms with van der Waals surface area (Å²) in [4.78, 5) is 0. The molecular weight excluding hydrogens is 210 g/mol. The van der Waals surface area contributed by atoms with Crippen LogP contribution in [0.2, 0.25) is 0 Å². The summed E-state index contributed by atoms with van der Waals surface area (Å²) in [5, 5.41) is 13.8. The van der Waals surface area contributed by atoms with E-state index < -0.39 is 0 Å². The normalized spacial score (nSPS) is 33.2. The van der Waals surface area contributed by atoms with E-state index in [1.165, 1.54) is 32.1 Å². The first kappa shape index (κ1) is 13.4. The maximum atomic E-state index is 10.2. The van der Waals surface area contributed by atoms with Crippen LogP contribution in [0.3, 0.4) is 0 Å². The topological polar surface area (TPSA) is 32.3 Å².